The molecule has 10 nitrogen and oxygen atoms in total. The van der Waals surface area contributed by atoms with Crippen LogP contribution in [0.25, 0.3) is 11.0 Å². The Kier molecular flexibility index (Phi) is 4.78. The summed E-state index contributed by atoms with van der Waals surface area (Å²) in [5, 5.41) is 13.9. The molecule has 10 heteroatoms. The van der Waals surface area contributed by atoms with Gasteiger partial charge in [0.1, 0.15) is 10.9 Å². The average molecular weight is 383 g/mol. The zero-order chi connectivity index (χ0) is 20.6. The Morgan fingerprint density at radius 3 is 2.54 bits per heavy atom. The molecule has 0 atom stereocenters. The molecule has 0 aliphatic carbocycles. The predicted molar refractivity (Wildman–Crippen MR) is 103 cm³/mol. The number of nitrogens with zero attached hydrogens (tertiary/aromatic N) is 4. The minimum absolute atomic E-state index is 0.0656. The van der Waals surface area contributed by atoms with Crippen LogP contribution >= 0.6 is 0 Å². The molecule has 2 heterocycles. The van der Waals surface area contributed by atoms with E-state index in [4.69, 9.17) is 0 Å². The largest absolute Gasteiger partial charge is 0.332 e. The molecule has 1 N–H and O–H groups in total. The molecule has 1 aromatic carbocycles. The molecule has 3 rings (SSSR count). The quantitative estimate of drug-likeness (QED) is 0.535. The molecular weight excluding hydrogens is 366 g/mol. The summed E-state index contributed by atoms with van der Waals surface area (Å²) in [7, 11) is 2.80. The van der Waals surface area contributed by atoms with Crippen LogP contribution in [0.4, 0.5) is 11.4 Å². The number of para-hydroxylation sites is 1. The van der Waals surface area contributed by atoms with Crippen LogP contribution < -0.4 is 16.6 Å². The van der Waals surface area contributed by atoms with Gasteiger partial charge in [-0.2, -0.15) is 0 Å². The van der Waals surface area contributed by atoms with Gasteiger partial charge in [0.2, 0.25) is 0 Å². The van der Waals surface area contributed by atoms with Gasteiger partial charge in [-0.05, 0) is 18.1 Å². The normalized spacial score (nSPS) is 10.8. The maximum atomic E-state index is 12.8. The van der Waals surface area contributed by atoms with Crippen LogP contribution in [0.2, 0.25) is 0 Å². The Morgan fingerprint density at radius 2 is 1.89 bits per heavy atom. The van der Waals surface area contributed by atoms with Crippen molar-refractivity contribution in [3.05, 3.63) is 72.5 Å². The fourth-order valence-corrected chi connectivity index (χ4v) is 2.98. The van der Waals surface area contributed by atoms with Crippen molar-refractivity contribution in [1.29, 1.82) is 0 Å². The van der Waals surface area contributed by atoms with Crippen molar-refractivity contribution in [3.63, 3.8) is 0 Å². The number of carbonyl (C=O) groups is 1. The zero-order valence-electron chi connectivity index (χ0n) is 15.4. The molecule has 0 saturated carbocycles. The van der Waals surface area contributed by atoms with Crippen molar-refractivity contribution in [2.75, 3.05) is 5.32 Å². The number of aromatic nitrogens is 3. The van der Waals surface area contributed by atoms with E-state index in [0.29, 0.717) is 12.0 Å². The van der Waals surface area contributed by atoms with E-state index in [-0.39, 0.29) is 28.0 Å². The first kappa shape index (κ1) is 19.0. The lowest BCUT2D eigenvalue weighted by atomic mass is 10.1. The number of nitrogens with one attached hydrogen (secondary N) is 1. The lowest BCUT2D eigenvalue weighted by Crippen LogP contribution is -2.38. The van der Waals surface area contributed by atoms with Crippen LogP contribution in [0.5, 0.6) is 0 Å². The number of hydrogen-bond acceptors (Lipinski definition) is 6. The third-order valence-corrected chi connectivity index (χ3v) is 4.51. The number of amides is 1. The van der Waals surface area contributed by atoms with Gasteiger partial charge < -0.3 is 5.32 Å². The predicted octanol–water partition coefficient (Wildman–Crippen LogP) is 1.36. The van der Waals surface area contributed by atoms with Gasteiger partial charge >= 0.3 is 5.69 Å². The summed E-state index contributed by atoms with van der Waals surface area (Å²) >= 11 is 0. The van der Waals surface area contributed by atoms with Gasteiger partial charge in [0.05, 0.1) is 10.6 Å². The van der Waals surface area contributed by atoms with E-state index in [1.807, 2.05) is 6.92 Å². The molecule has 0 aliphatic heterocycles. The van der Waals surface area contributed by atoms with Gasteiger partial charge in [-0.1, -0.05) is 19.1 Å². The minimum atomic E-state index is -0.731. The number of anilines is 1. The van der Waals surface area contributed by atoms with Gasteiger partial charge in [-0.25, -0.2) is 9.78 Å². The third kappa shape index (κ3) is 2.94. The van der Waals surface area contributed by atoms with Crippen molar-refractivity contribution in [3.8, 4) is 0 Å². The second kappa shape index (κ2) is 7.06. The number of pyridine rings is 1. The van der Waals surface area contributed by atoms with Crippen LogP contribution in [0.3, 0.4) is 0 Å². The van der Waals surface area contributed by atoms with Crippen LogP contribution in [-0.2, 0) is 20.5 Å². The van der Waals surface area contributed by atoms with E-state index in [1.165, 1.54) is 49.1 Å². The Labute approximate surface area is 158 Å². The molecule has 0 aliphatic rings. The topological polar surface area (TPSA) is 129 Å². The SMILES string of the molecule is CCc1cnc2c(c1NC(=O)c1ccccc1[N+](=O)[O-])c(=O)n(C)c(=O)n2C. The molecule has 3 aromatic rings. The summed E-state index contributed by atoms with van der Waals surface area (Å²) in [5.41, 5.74) is -0.785. The molecule has 0 radical (unpaired) electrons. The van der Waals surface area contributed by atoms with E-state index in [2.05, 4.69) is 10.3 Å². The molecule has 28 heavy (non-hydrogen) atoms. The second-order valence-corrected chi connectivity index (χ2v) is 6.14. The number of hydrogen-bond donors (Lipinski definition) is 1. The third-order valence-electron chi connectivity index (χ3n) is 4.51. The maximum Gasteiger partial charge on any atom is 0.332 e. The fourth-order valence-electron chi connectivity index (χ4n) is 2.98. The van der Waals surface area contributed by atoms with Crippen molar-refractivity contribution >= 4 is 28.3 Å². The van der Waals surface area contributed by atoms with E-state index in [0.717, 1.165) is 4.57 Å². The highest BCUT2D eigenvalue weighted by molar-refractivity contribution is 6.10. The Hall–Kier alpha value is -3.82. The number of aryl methyl sites for hydroxylation is 2. The first-order valence-corrected chi connectivity index (χ1v) is 8.40. The number of rotatable bonds is 4. The Morgan fingerprint density at radius 1 is 1.21 bits per heavy atom. The molecule has 0 bridgehead atoms. The second-order valence-electron chi connectivity index (χ2n) is 6.14. The highest BCUT2D eigenvalue weighted by Crippen LogP contribution is 2.25. The van der Waals surface area contributed by atoms with Crippen molar-refractivity contribution < 1.29 is 9.72 Å². The van der Waals surface area contributed by atoms with Crippen molar-refractivity contribution in [2.45, 2.75) is 13.3 Å². The summed E-state index contributed by atoms with van der Waals surface area (Å²) in [6.45, 7) is 1.82. The monoisotopic (exact) mass is 383 g/mol. The first-order chi connectivity index (χ1) is 13.3. The molecule has 144 valence electrons. The maximum absolute atomic E-state index is 12.8. The van der Waals surface area contributed by atoms with Gasteiger partial charge in [0, 0.05) is 26.4 Å². The molecule has 2 aromatic heterocycles. The number of nitro benzene ring substituents is 1. The van der Waals surface area contributed by atoms with E-state index < -0.39 is 22.1 Å². The Bertz CT molecular complexity index is 1240. The first-order valence-electron chi connectivity index (χ1n) is 8.40. The van der Waals surface area contributed by atoms with E-state index in [9.17, 15) is 24.5 Å². The van der Waals surface area contributed by atoms with Gasteiger partial charge in [0.15, 0.2) is 5.65 Å². The summed E-state index contributed by atoms with van der Waals surface area (Å²) in [5.74, 6) is -0.731. The zero-order valence-corrected chi connectivity index (χ0v) is 15.4. The number of fused-ring (bicyclic) bond motifs is 1. The summed E-state index contributed by atoms with van der Waals surface area (Å²) in [6.07, 6.45) is 1.91. The lowest BCUT2D eigenvalue weighted by Gasteiger charge is -2.15. The van der Waals surface area contributed by atoms with Crippen LogP contribution in [0.15, 0.2) is 40.1 Å². The van der Waals surface area contributed by atoms with Gasteiger partial charge in [-0.3, -0.25) is 28.8 Å². The van der Waals surface area contributed by atoms with Gasteiger partial charge in [-0.15, -0.1) is 0 Å². The van der Waals surface area contributed by atoms with E-state index >= 15 is 0 Å². The number of nitro groups is 1. The smallest absolute Gasteiger partial charge is 0.321 e. The molecule has 0 fully saturated rings. The fraction of sp³-hybridized carbons (Fsp3) is 0.222. The van der Waals surface area contributed by atoms with Crippen LogP contribution in [0.1, 0.15) is 22.8 Å². The summed E-state index contributed by atoms with van der Waals surface area (Å²) < 4.78 is 2.13. The van der Waals surface area contributed by atoms with Crippen LogP contribution in [-0.4, -0.2) is 24.9 Å². The highest BCUT2D eigenvalue weighted by atomic mass is 16.6. The minimum Gasteiger partial charge on any atom is -0.321 e. The number of benzene rings is 1. The van der Waals surface area contributed by atoms with Crippen molar-refractivity contribution in [2.24, 2.45) is 14.1 Å². The summed E-state index contributed by atoms with van der Waals surface area (Å²) in [6, 6.07) is 5.52. The molecule has 0 saturated heterocycles. The molecule has 0 unspecified atom stereocenters. The number of carbonyl (C=O) groups excluding carboxylic acids is 1. The highest BCUT2D eigenvalue weighted by Gasteiger charge is 2.23. The van der Waals surface area contributed by atoms with Gasteiger partial charge in [0.25, 0.3) is 17.2 Å². The molecule has 0 spiro atoms. The average Bonchev–Trinajstić information content (AvgIpc) is 2.70. The standard InChI is InChI=1S/C18H17N5O5/c1-4-10-9-19-15-13(17(25)22(3)18(26)21(15)2)14(10)20-16(24)11-7-5-6-8-12(11)23(27)28/h5-9H,4H2,1-3H3,(H,19,20,24). The van der Waals surface area contributed by atoms with E-state index in [1.54, 1.807) is 0 Å². The molecule has 1 amide bonds. The lowest BCUT2D eigenvalue weighted by molar-refractivity contribution is -0.385. The van der Waals surface area contributed by atoms with Crippen molar-refractivity contribution in [1.82, 2.24) is 14.1 Å². The summed E-state index contributed by atoms with van der Waals surface area (Å²) in [4.78, 5) is 52.4. The van der Waals surface area contributed by atoms with Crippen LogP contribution in [0, 0.1) is 10.1 Å². The Balaban J connectivity index is 2.26. The molecular formula is C18H17N5O5.